The van der Waals surface area contributed by atoms with E-state index in [9.17, 15) is 14.0 Å². The normalized spacial score (nSPS) is 10.9. The van der Waals surface area contributed by atoms with Gasteiger partial charge in [0.05, 0.1) is 17.6 Å². The molecule has 0 N–H and O–H groups in total. The van der Waals surface area contributed by atoms with Crippen molar-refractivity contribution >= 4 is 34.3 Å². The predicted molar refractivity (Wildman–Crippen MR) is 109 cm³/mol. The van der Waals surface area contributed by atoms with E-state index in [1.807, 2.05) is 6.07 Å². The van der Waals surface area contributed by atoms with Gasteiger partial charge >= 0.3 is 0 Å². The molecule has 1 aromatic carbocycles. The average Bonchev–Trinajstić information content (AvgIpc) is 3.11. The second-order valence-electron chi connectivity index (χ2n) is 6.18. The smallest absolute Gasteiger partial charge is 0.274 e. The summed E-state index contributed by atoms with van der Waals surface area (Å²) in [5.41, 5.74) is 1.14. The molecule has 3 aromatic rings. The standard InChI is InChI=1S/C20H16FN5O2S/c1-12-8-13(2)26(19(28)16(12)9-22)23-10-15-11-29-20(24-15)25(14(3)27)18-7-5-4-6-17(18)21/h4-8,10-11H,1-3H3/b23-10-. The molecule has 0 bridgehead atoms. The number of hydrogen-bond donors (Lipinski definition) is 0. The molecule has 2 heterocycles. The first-order chi connectivity index (χ1) is 13.8. The lowest BCUT2D eigenvalue weighted by atomic mass is 10.1. The molecule has 9 heteroatoms. The fraction of sp³-hybridized carbons (Fsp3) is 0.150. The van der Waals surface area contributed by atoms with Gasteiger partial charge in [0.2, 0.25) is 5.91 Å². The summed E-state index contributed by atoms with van der Waals surface area (Å²) in [7, 11) is 0. The van der Waals surface area contributed by atoms with Crippen LogP contribution in [-0.4, -0.2) is 21.8 Å². The number of hydrogen-bond acceptors (Lipinski definition) is 6. The van der Waals surface area contributed by atoms with Crippen LogP contribution in [0.15, 0.2) is 45.6 Å². The van der Waals surface area contributed by atoms with Crippen molar-refractivity contribution in [2.75, 3.05) is 4.90 Å². The van der Waals surface area contributed by atoms with E-state index in [-0.39, 0.29) is 16.4 Å². The van der Waals surface area contributed by atoms with Crippen LogP contribution in [0, 0.1) is 31.0 Å². The lowest BCUT2D eigenvalue weighted by Gasteiger charge is -2.18. The number of aromatic nitrogens is 2. The van der Waals surface area contributed by atoms with Gasteiger partial charge in [-0.2, -0.15) is 10.4 Å². The number of carbonyl (C=O) groups excluding carboxylic acids is 1. The Balaban J connectivity index is 1.97. The molecule has 0 aliphatic rings. The molecule has 0 aliphatic heterocycles. The average molecular weight is 409 g/mol. The predicted octanol–water partition coefficient (Wildman–Crippen LogP) is 3.50. The number of rotatable bonds is 4. The number of pyridine rings is 1. The van der Waals surface area contributed by atoms with Crippen LogP contribution < -0.4 is 10.5 Å². The molecule has 0 saturated heterocycles. The summed E-state index contributed by atoms with van der Waals surface area (Å²) in [4.78, 5) is 30.0. The van der Waals surface area contributed by atoms with Gasteiger partial charge in [0.1, 0.15) is 17.4 Å². The summed E-state index contributed by atoms with van der Waals surface area (Å²) in [6.45, 7) is 4.71. The molecule has 29 heavy (non-hydrogen) atoms. The Labute approximate surface area is 170 Å². The Morgan fingerprint density at radius 2 is 2.10 bits per heavy atom. The molecule has 1 amide bonds. The first kappa shape index (κ1) is 20.1. The number of nitrogens with zero attached hydrogens (tertiary/aromatic N) is 5. The highest BCUT2D eigenvalue weighted by atomic mass is 32.1. The van der Waals surface area contributed by atoms with Crippen LogP contribution in [0.4, 0.5) is 15.2 Å². The van der Waals surface area contributed by atoms with Crippen molar-refractivity contribution in [2.24, 2.45) is 5.10 Å². The minimum Gasteiger partial charge on any atom is -0.274 e. The summed E-state index contributed by atoms with van der Waals surface area (Å²) >= 11 is 1.14. The summed E-state index contributed by atoms with van der Waals surface area (Å²) < 4.78 is 15.3. The van der Waals surface area contributed by atoms with Crippen molar-refractivity contribution < 1.29 is 9.18 Å². The van der Waals surface area contributed by atoms with Crippen LogP contribution in [0.25, 0.3) is 0 Å². The molecule has 0 aliphatic carbocycles. The number of nitriles is 1. The maximum atomic E-state index is 14.1. The third kappa shape index (κ3) is 3.97. The number of carbonyl (C=O) groups is 1. The Kier molecular flexibility index (Phi) is 5.66. The van der Waals surface area contributed by atoms with E-state index in [1.54, 1.807) is 31.4 Å². The third-order valence-corrected chi connectivity index (χ3v) is 4.93. The van der Waals surface area contributed by atoms with E-state index < -0.39 is 17.3 Å². The lowest BCUT2D eigenvalue weighted by Crippen LogP contribution is -2.23. The summed E-state index contributed by atoms with van der Waals surface area (Å²) in [6.07, 6.45) is 1.35. The molecule has 3 rings (SSSR count). The molecule has 0 radical (unpaired) electrons. The molecular formula is C20H16FN5O2S. The van der Waals surface area contributed by atoms with E-state index in [0.717, 1.165) is 16.0 Å². The van der Waals surface area contributed by atoms with Crippen molar-refractivity contribution in [1.29, 1.82) is 5.26 Å². The highest BCUT2D eigenvalue weighted by Crippen LogP contribution is 2.30. The highest BCUT2D eigenvalue weighted by molar-refractivity contribution is 7.14. The van der Waals surface area contributed by atoms with E-state index in [0.29, 0.717) is 17.0 Å². The van der Waals surface area contributed by atoms with E-state index in [2.05, 4.69) is 10.1 Å². The number of aryl methyl sites for hydroxylation is 2. The number of anilines is 2. The molecule has 0 atom stereocenters. The Morgan fingerprint density at radius 1 is 1.38 bits per heavy atom. The van der Waals surface area contributed by atoms with Crippen LogP contribution in [0.5, 0.6) is 0 Å². The van der Waals surface area contributed by atoms with Gasteiger partial charge in [-0.1, -0.05) is 12.1 Å². The SMILES string of the molecule is CC(=O)N(c1nc(/C=N\n2c(C)cc(C)c(C#N)c2=O)cs1)c1ccccc1F. The number of benzene rings is 1. The van der Waals surface area contributed by atoms with Crippen molar-refractivity contribution in [1.82, 2.24) is 9.66 Å². The third-order valence-electron chi connectivity index (χ3n) is 4.09. The minimum atomic E-state index is -0.543. The van der Waals surface area contributed by atoms with E-state index in [1.165, 1.54) is 36.2 Å². The van der Waals surface area contributed by atoms with Gasteiger partial charge in [-0.15, -0.1) is 11.3 Å². The van der Waals surface area contributed by atoms with Gasteiger partial charge in [0.25, 0.3) is 5.56 Å². The second kappa shape index (κ2) is 8.16. The number of amides is 1. The van der Waals surface area contributed by atoms with Gasteiger partial charge in [0, 0.05) is 18.0 Å². The molecule has 0 spiro atoms. The van der Waals surface area contributed by atoms with Gasteiger partial charge in [-0.05, 0) is 37.6 Å². The largest absolute Gasteiger partial charge is 0.289 e. The maximum Gasteiger partial charge on any atom is 0.289 e. The maximum absolute atomic E-state index is 14.1. The summed E-state index contributed by atoms with van der Waals surface area (Å²) in [5, 5.41) is 15.2. The monoisotopic (exact) mass is 409 g/mol. The second-order valence-corrected chi connectivity index (χ2v) is 7.01. The van der Waals surface area contributed by atoms with Crippen molar-refractivity contribution in [2.45, 2.75) is 20.8 Å². The van der Waals surface area contributed by atoms with Crippen LogP contribution in [0.3, 0.4) is 0 Å². The van der Waals surface area contributed by atoms with Gasteiger partial charge < -0.3 is 0 Å². The topological polar surface area (TPSA) is 91.3 Å². The first-order valence-electron chi connectivity index (χ1n) is 8.52. The quantitative estimate of drug-likeness (QED) is 0.617. The zero-order chi connectivity index (χ0) is 21.1. The Hall–Kier alpha value is -3.64. The number of para-hydroxylation sites is 1. The van der Waals surface area contributed by atoms with E-state index >= 15 is 0 Å². The summed E-state index contributed by atoms with van der Waals surface area (Å²) in [6, 6.07) is 9.50. The van der Waals surface area contributed by atoms with E-state index in [4.69, 9.17) is 5.26 Å². The number of halogens is 1. The van der Waals surface area contributed by atoms with Crippen molar-refractivity contribution in [3.8, 4) is 6.07 Å². The minimum absolute atomic E-state index is 0.0222. The van der Waals surface area contributed by atoms with Crippen LogP contribution in [0.1, 0.15) is 29.4 Å². The Morgan fingerprint density at radius 3 is 2.76 bits per heavy atom. The lowest BCUT2D eigenvalue weighted by molar-refractivity contribution is -0.115. The zero-order valence-corrected chi connectivity index (χ0v) is 16.7. The van der Waals surface area contributed by atoms with Crippen molar-refractivity contribution in [3.63, 3.8) is 0 Å². The fourth-order valence-corrected chi connectivity index (χ4v) is 3.59. The zero-order valence-electron chi connectivity index (χ0n) is 15.9. The van der Waals surface area contributed by atoms with Crippen LogP contribution >= 0.6 is 11.3 Å². The Bertz CT molecular complexity index is 1220. The molecule has 7 nitrogen and oxygen atoms in total. The molecule has 0 fully saturated rings. The van der Waals surface area contributed by atoms with Crippen molar-refractivity contribution in [3.05, 3.63) is 74.4 Å². The molecular weight excluding hydrogens is 393 g/mol. The molecule has 2 aromatic heterocycles. The summed E-state index contributed by atoms with van der Waals surface area (Å²) in [5.74, 6) is -0.934. The highest BCUT2D eigenvalue weighted by Gasteiger charge is 2.20. The van der Waals surface area contributed by atoms with Crippen LogP contribution in [-0.2, 0) is 4.79 Å². The molecule has 0 unspecified atom stereocenters. The molecule has 146 valence electrons. The van der Waals surface area contributed by atoms with Gasteiger partial charge in [-0.3, -0.25) is 14.5 Å². The van der Waals surface area contributed by atoms with Gasteiger partial charge in [-0.25, -0.2) is 14.1 Å². The fourth-order valence-electron chi connectivity index (χ4n) is 2.76. The van der Waals surface area contributed by atoms with Crippen LogP contribution in [0.2, 0.25) is 0 Å². The number of thiazole rings is 1. The first-order valence-corrected chi connectivity index (χ1v) is 9.40. The van der Waals surface area contributed by atoms with Gasteiger partial charge in [0.15, 0.2) is 5.13 Å². The molecule has 0 saturated carbocycles.